The van der Waals surface area contributed by atoms with Crippen LogP contribution in [-0.4, -0.2) is 43.7 Å². The van der Waals surface area contributed by atoms with E-state index >= 15 is 0 Å². The molecule has 1 atom stereocenters. The first kappa shape index (κ1) is 12.4. The first-order chi connectivity index (χ1) is 8.24. The third-order valence-corrected chi connectivity index (χ3v) is 3.12. The SMILES string of the molecule is Cc1cccc(OCCN2CCN[C@@H](C)C2)c1. The van der Waals surface area contributed by atoms with Gasteiger partial charge < -0.3 is 10.1 Å². The van der Waals surface area contributed by atoms with Crippen LogP contribution in [0.2, 0.25) is 0 Å². The van der Waals surface area contributed by atoms with Gasteiger partial charge in [0, 0.05) is 32.2 Å². The van der Waals surface area contributed by atoms with Crippen LogP contribution in [0.15, 0.2) is 24.3 Å². The molecule has 0 saturated carbocycles. The van der Waals surface area contributed by atoms with Crippen LogP contribution in [0.25, 0.3) is 0 Å². The molecule has 3 heteroatoms. The number of nitrogens with one attached hydrogen (secondary N) is 1. The van der Waals surface area contributed by atoms with Crippen molar-refractivity contribution in [1.82, 2.24) is 10.2 Å². The predicted octanol–water partition coefficient (Wildman–Crippen LogP) is 1.67. The second kappa shape index (κ2) is 6.03. The molecule has 1 heterocycles. The molecule has 0 aliphatic carbocycles. The van der Waals surface area contributed by atoms with Crippen molar-refractivity contribution < 1.29 is 4.74 Å². The van der Waals surface area contributed by atoms with E-state index in [-0.39, 0.29) is 0 Å². The summed E-state index contributed by atoms with van der Waals surface area (Å²) in [6.45, 7) is 9.44. The Balaban J connectivity index is 1.72. The standard InChI is InChI=1S/C14H22N2O/c1-12-4-3-5-14(10-12)17-9-8-16-7-6-15-13(2)11-16/h3-5,10,13,15H,6-9,11H2,1-2H3/t13-/m0/s1. The summed E-state index contributed by atoms with van der Waals surface area (Å²) in [5, 5.41) is 3.45. The van der Waals surface area contributed by atoms with Crippen LogP contribution >= 0.6 is 0 Å². The summed E-state index contributed by atoms with van der Waals surface area (Å²) >= 11 is 0. The fourth-order valence-corrected chi connectivity index (χ4v) is 2.21. The lowest BCUT2D eigenvalue weighted by Gasteiger charge is -2.31. The van der Waals surface area contributed by atoms with Gasteiger partial charge >= 0.3 is 0 Å². The number of hydrogen-bond donors (Lipinski definition) is 1. The second-order valence-corrected chi connectivity index (χ2v) is 4.82. The van der Waals surface area contributed by atoms with Gasteiger partial charge in [0.25, 0.3) is 0 Å². The van der Waals surface area contributed by atoms with E-state index in [2.05, 4.69) is 36.2 Å². The fraction of sp³-hybridized carbons (Fsp3) is 0.571. The zero-order valence-corrected chi connectivity index (χ0v) is 10.8. The normalized spacial score (nSPS) is 21.4. The summed E-state index contributed by atoms with van der Waals surface area (Å²) in [4.78, 5) is 2.46. The molecule has 0 unspecified atom stereocenters. The molecule has 0 spiro atoms. The summed E-state index contributed by atoms with van der Waals surface area (Å²) < 4.78 is 5.76. The molecule has 1 saturated heterocycles. The molecule has 0 bridgehead atoms. The average Bonchev–Trinajstić information content (AvgIpc) is 2.29. The van der Waals surface area contributed by atoms with Gasteiger partial charge in [-0.3, -0.25) is 4.90 Å². The minimum absolute atomic E-state index is 0.600. The number of benzene rings is 1. The van der Waals surface area contributed by atoms with Crippen molar-refractivity contribution in [2.45, 2.75) is 19.9 Å². The van der Waals surface area contributed by atoms with Crippen molar-refractivity contribution in [2.75, 3.05) is 32.8 Å². The summed E-state index contributed by atoms with van der Waals surface area (Å²) in [7, 11) is 0. The Bertz CT molecular complexity index is 354. The molecule has 2 rings (SSSR count). The number of rotatable bonds is 4. The summed E-state index contributed by atoms with van der Waals surface area (Å²) in [6.07, 6.45) is 0. The highest BCUT2D eigenvalue weighted by molar-refractivity contribution is 5.27. The molecule has 94 valence electrons. The van der Waals surface area contributed by atoms with Gasteiger partial charge in [0.15, 0.2) is 0 Å². The van der Waals surface area contributed by atoms with E-state index in [0.29, 0.717) is 6.04 Å². The quantitative estimate of drug-likeness (QED) is 0.857. The van der Waals surface area contributed by atoms with Gasteiger partial charge in [-0.1, -0.05) is 12.1 Å². The van der Waals surface area contributed by atoms with E-state index in [1.807, 2.05) is 12.1 Å². The molecule has 0 radical (unpaired) electrons. The van der Waals surface area contributed by atoms with Crippen molar-refractivity contribution in [2.24, 2.45) is 0 Å². The minimum Gasteiger partial charge on any atom is -0.492 e. The van der Waals surface area contributed by atoms with E-state index in [4.69, 9.17) is 4.74 Å². The van der Waals surface area contributed by atoms with Crippen molar-refractivity contribution in [3.8, 4) is 5.75 Å². The Labute approximate surface area is 104 Å². The maximum absolute atomic E-state index is 5.76. The Morgan fingerprint density at radius 3 is 3.12 bits per heavy atom. The van der Waals surface area contributed by atoms with E-state index in [1.54, 1.807) is 0 Å². The predicted molar refractivity (Wildman–Crippen MR) is 70.6 cm³/mol. The molecule has 1 N–H and O–H groups in total. The summed E-state index contributed by atoms with van der Waals surface area (Å²) in [5.41, 5.74) is 1.25. The molecular formula is C14H22N2O. The average molecular weight is 234 g/mol. The smallest absolute Gasteiger partial charge is 0.119 e. The van der Waals surface area contributed by atoms with E-state index in [1.165, 1.54) is 5.56 Å². The maximum atomic E-state index is 5.76. The minimum atomic E-state index is 0.600. The van der Waals surface area contributed by atoms with Gasteiger partial charge in [-0.05, 0) is 31.5 Å². The third-order valence-electron chi connectivity index (χ3n) is 3.12. The lowest BCUT2D eigenvalue weighted by molar-refractivity contribution is 0.170. The molecule has 17 heavy (non-hydrogen) atoms. The molecule has 1 aliphatic rings. The van der Waals surface area contributed by atoms with Gasteiger partial charge in [-0.25, -0.2) is 0 Å². The topological polar surface area (TPSA) is 24.5 Å². The lowest BCUT2D eigenvalue weighted by Crippen LogP contribution is -2.50. The highest BCUT2D eigenvalue weighted by atomic mass is 16.5. The Kier molecular flexibility index (Phi) is 4.40. The zero-order valence-electron chi connectivity index (χ0n) is 10.8. The molecule has 1 aromatic rings. The van der Waals surface area contributed by atoms with Crippen LogP contribution < -0.4 is 10.1 Å². The number of ether oxygens (including phenoxy) is 1. The number of aryl methyl sites for hydroxylation is 1. The van der Waals surface area contributed by atoms with Crippen LogP contribution in [0.4, 0.5) is 0 Å². The molecule has 0 amide bonds. The Hall–Kier alpha value is -1.06. The molecular weight excluding hydrogens is 212 g/mol. The zero-order chi connectivity index (χ0) is 12.1. The van der Waals surface area contributed by atoms with Gasteiger partial charge in [0.2, 0.25) is 0 Å². The molecule has 0 aromatic heterocycles. The van der Waals surface area contributed by atoms with Crippen molar-refractivity contribution >= 4 is 0 Å². The van der Waals surface area contributed by atoms with Crippen LogP contribution in [0, 0.1) is 6.92 Å². The molecule has 1 aliphatic heterocycles. The molecule has 3 nitrogen and oxygen atoms in total. The van der Waals surface area contributed by atoms with Gasteiger partial charge in [0.1, 0.15) is 12.4 Å². The van der Waals surface area contributed by atoms with Crippen LogP contribution in [0.5, 0.6) is 5.75 Å². The van der Waals surface area contributed by atoms with E-state index < -0.39 is 0 Å². The van der Waals surface area contributed by atoms with Gasteiger partial charge in [0.05, 0.1) is 0 Å². The largest absolute Gasteiger partial charge is 0.492 e. The number of piperazine rings is 1. The van der Waals surface area contributed by atoms with Crippen molar-refractivity contribution in [3.05, 3.63) is 29.8 Å². The van der Waals surface area contributed by atoms with Crippen LogP contribution in [0.3, 0.4) is 0 Å². The molecule has 1 fully saturated rings. The fourth-order valence-electron chi connectivity index (χ4n) is 2.21. The molecule has 1 aromatic carbocycles. The number of nitrogens with zero attached hydrogens (tertiary/aromatic N) is 1. The van der Waals surface area contributed by atoms with Gasteiger partial charge in [-0.15, -0.1) is 0 Å². The van der Waals surface area contributed by atoms with Gasteiger partial charge in [-0.2, -0.15) is 0 Å². The Morgan fingerprint density at radius 1 is 1.47 bits per heavy atom. The highest BCUT2D eigenvalue weighted by Crippen LogP contribution is 2.12. The van der Waals surface area contributed by atoms with Crippen LogP contribution in [0.1, 0.15) is 12.5 Å². The Morgan fingerprint density at radius 2 is 2.35 bits per heavy atom. The second-order valence-electron chi connectivity index (χ2n) is 4.82. The third kappa shape index (κ3) is 4.02. The maximum Gasteiger partial charge on any atom is 0.119 e. The summed E-state index contributed by atoms with van der Waals surface area (Å²) in [5.74, 6) is 0.980. The highest BCUT2D eigenvalue weighted by Gasteiger charge is 2.14. The lowest BCUT2D eigenvalue weighted by atomic mass is 10.2. The van der Waals surface area contributed by atoms with E-state index in [9.17, 15) is 0 Å². The summed E-state index contributed by atoms with van der Waals surface area (Å²) in [6, 6.07) is 8.83. The van der Waals surface area contributed by atoms with E-state index in [0.717, 1.165) is 38.5 Å². The first-order valence-corrected chi connectivity index (χ1v) is 6.39. The van der Waals surface area contributed by atoms with Crippen LogP contribution in [-0.2, 0) is 0 Å². The first-order valence-electron chi connectivity index (χ1n) is 6.39. The monoisotopic (exact) mass is 234 g/mol. The number of hydrogen-bond acceptors (Lipinski definition) is 3. The van der Waals surface area contributed by atoms with Crippen molar-refractivity contribution in [1.29, 1.82) is 0 Å². The van der Waals surface area contributed by atoms with Crippen molar-refractivity contribution in [3.63, 3.8) is 0 Å².